The first kappa shape index (κ1) is 12.4. The summed E-state index contributed by atoms with van der Waals surface area (Å²) in [4.78, 5) is 10.2. The SMILES string of the molecule is NC(/C=C\C(=O)O)COCc1ccccc1. The molecule has 0 aromatic heterocycles. The maximum absolute atomic E-state index is 10.2. The molecule has 1 atom stereocenters. The third kappa shape index (κ3) is 5.29. The van der Waals surface area contributed by atoms with Crippen LogP contribution in [0.5, 0.6) is 0 Å². The number of ether oxygens (including phenoxy) is 1. The summed E-state index contributed by atoms with van der Waals surface area (Å²) in [5.41, 5.74) is 6.68. The quantitative estimate of drug-likeness (QED) is 0.707. The van der Waals surface area contributed by atoms with Crippen LogP contribution in [-0.2, 0) is 16.1 Å². The molecule has 3 N–H and O–H groups in total. The zero-order valence-corrected chi connectivity index (χ0v) is 8.87. The molecule has 1 aromatic rings. The summed E-state index contributed by atoms with van der Waals surface area (Å²) in [6.45, 7) is 0.786. The molecule has 0 saturated heterocycles. The van der Waals surface area contributed by atoms with Gasteiger partial charge in [0.25, 0.3) is 0 Å². The summed E-state index contributed by atoms with van der Waals surface area (Å²) in [5.74, 6) is -1.00. The van der Waals surface area contributed by atoms with Gasteiger partial charge in [0.1, 0.15) is 0 Å². The molecule has 0 amide bonds. The second kappa shape index (κ2) is 6.76. The van der Waals surface area contributed by atoms with E-state index in [1.807, 2.05) is 30.3 Å². The number of carboxylic acid groups (broad SMARTS) is 1. The van der Waals surface area contributed by atoms with Crippen molar-refractivity contribution < 1.29 is 14.6 Å². The van der Waals surface area contributed by atoms with E-state index in [-0.39, 0.29) is 6.04 Å². The minimum absolute atomic E-state index is 0.304. The number of nitrogens with two attached hydrogens (primary N) is 1. The Labute approximate surface area is 94.3 Å². The molecule has 86 valence electrons. The molecule has 0 aliphatic carbocycles. The Kier molecular flexibility index (Phi) is 5.25. The lowest BCUT2D eigenvalue weighted by Crippen LogP contribution is -2.23. The van der Waals surface area contributed by atoms with Crippen molar-refractivity contribution in [1.82, 2.24) is 0 Å². The minimum atomic E-state index is -1.00. The van der Waals surface area contributed by atoms with Crippen LogP contribution in [0.15, 0.2) is 42.5 Å². The average Bonchev–Trinajstić information content (AvgIpc) is 2.28. The molecule has 0 radical (unpaired) electrons. The molecular weight excluding hydrogens is 206 g/mol. The number of rotatable bonds is 6. The van der Waals surface area contributed by atoms with Crippen molar-refractivity contribution in [3.8, 4) is 0 Å². The number of benzene rings is 1. The fourth-order valence-corrected chi connectivity index (χ4v) is 1.15. The van der Waals surface area contributed by atoms with Gasteiger partial charge in [-0.3, -0.25) is 0 Å². The molecular formula is C12H15NO3. The predicted octanol–water partition coefficient (Wildman–Crippen LogP) is 1.17. The second-order valence-corrected chi connectivity index (χ2v) is 3.36. The zero-order valence-electron chi connectivity index (χ0n) is 8.87. The summed E-state index contributed by atoms with van der Waals surface area (Å²) >= 11 is 0. The summed E-state index contributed by atoms with van der Waals surface area (Å²) < 4.78 is 5.34. The molecule has 1 rings (SSSR count). The summed E-state index contributed by atoms with van der Waals surface area (Å²) in [7, 11) is 0. The van der Waals surface area contributed by atoms with E-state index in [0.717, 1.165) is 11.6 Å². The fraction of sp³-hybridized carbons (Fsp3) is 0.250. The van der Waals surface area contributed by atoms with E-state index in [9.17, 15) is 4.79 Å². The van der Waals surface area contributed by atoms with Crippen molar-refractivity contribution in [3.05, 3.63) is 48.0 Å². The smallest absolute Gasteiger partial charge is 0.328 e. The molecule has 16 heavy (non-hydrogen) atoms. The third-order valence-corrected chi connectivity index (χ3v) is 1.91. The van der Waals surface area contributed by atoms with Gasteiger partial charge in [0.05, 0.1) is 13.2 Å². The molecule has 0 fully saturated rings. The molecule has 0 heterocycles. The van der Waals surface area contributed by atoms with Crippen LogP contribution in [0, 0.1) is 0 Å². The van der Waals surface area contributed by atoms with E-state index in [1.54, 1.807) is 0 Å². The van der Waals surface area contributed by atoms with Gasteiger partial charge >= 0.3 is 5.97 Å². The Morgan fingerprint density at radius 3 is 2.75 bits per heavy atom. The molecule has 0 bridgehead atoms. The Bertz CT molecular complexity index is 349. The van der Waals surface area contributed by atoms with Crippen LogP contribution in [0.4, 0.5) is 0 Å². The van der Waals surface area contributed by atoms with Crippen LogP contribution in [0.25, 0.3) is 0 Å². The average molecular weight is 221 g/mol. The summed E-state index contributed by atoms with van der Waals surface area (Å²) in [6.07, 6.45) is 2.43. The van der Waals surface area contributed by atoms with Crippen LogP contribution in [0.2, 0.25) is 0 Å². The van der Waals surface area contributed by atoms with Gasteiger partial charge in [-0.15, -0.1) is 0 Å². The molecule has 4 nitrogen and oxygen atoms in total. The van der Waals surface area contributed by atoms with Gasteiger partial charge in [-0.25, -0.2) is 4.79 Å². The monoisotopic (exact) mass is 221 g/mol. The van der Waals surface area contributed by atoms with Crippen molar-refractivity contribution >= 4 is 5.97 Å². The van der Waals surface area contributed by atoms with Gasteiger partial charge < -0.3 is 15.6 Å². The van der Waals surface area contributed by atoms with Crippen LogP contribution in [0.1, 0.15) is 5.56 Å². The van der Waals surface area contributed by atoms with E-state index in [1.165, 1.54) is 6.08 Å². The van der Waals surface area contributed by atoms with Crippen LogP contribution in [-0.4, -0.2) is 23.7 Å². The topological polar surface area (TPSA) is 72.6 Å². The maximum Gasteiger partial charge on any atom is 0.328 e. The third-order valence-electron chi connectivity index (χ3n) is 1.91. The lowest BCUT2D eigenvalue weighted by Gasteiger charge is -2.07. The van der Waals surface area contributed by atoms with Gasteiger partial charge in [-0.1, -0.05) is 36.4 Å². The standard InChI is InChI=1S/C12H15NO3/c13-11(6-7-12(14)15)9-16-8-10-4-2-1-3-5-10/h1-7,11H,8-9,13H2,(H,14,15)/b7-6-. The molecule has 1 aromatic carbocycles. The summed E-state index contributed by atoms with van der Waals surface area (Å²) in [6, 6.07) is 9.33. The Balaban J connectivity index is 2.23. The largest absolute Gasteiger partial charge is 0.478 e. The molecule has 1 unspecified atom stereocenters. The van der Waals surface area contributed by atoms with Gasteiger partial charge in [0.15, 0.2) is 0 Å². The highest BCUT2D eigenvalue weighted by molar-refractivity contribution is 5.79. The summed E-state index contributed by atoms with van der Waals surface area (Å²) in [5, 5.41) is 8.38. The van der Waals surface area contributed by atoms with Crippen LogP contribution < -0.4 is 5.73 Å². The fourth-order valence-electron chi connectivity index (χ4n) is 1.15. The number of carbonyl (C=O) groups is 1. The first-order valence-corrected chi connectivity index (χ1v) is 4.97. The van der Waals surface area contributed by atoms with Gasteiger partial charge in [-0.2, -0.15) is 0 Å². The van der Waals surface area contributed by atoms with Gasteiger partial charge in [0, 0.05) is 12.1 Å². The van der Waals surface area contributed by atoms with E-state index in [0.29, 0.717) is 13.2 Å². The Morgan fingerprint density at radius 2 is 2.12 bits per heavy atom. The molecule has 0 aliphatic rings. The van der Waals surface area contributed by atoms with Gasteiger partial charge in [0.2, 0.25) is 0 Å². The number of aliphatic carboxylic acids is 1. The lowest BCUT2D eigenvalue weighted by atomic mass is 10.2. The highest BCUT2D eigenvalue weighted by Crippen LogP contribution is 2.00. The van der Waals surface area contributed by atoms with E-state index in [4.69, 9.17) is 15.6 Å². The highest BCUT2D eigenvalue weighted by atomic mass is 16.5. The number of hydrogen-bond acceptors (Lipinski definition) is 3. The zero-order chi connectivity index (χ0) is 11.8. The minimum Gasteiger partial charge on any atom is -0.478 e. The Hall–Kier alpha value is -1.65. The van der Waals surface area contributed by atoms with Crippen molar-refractivity contribution in [3.63, 3.8) is 0 Å². The highest BCUT2D eigenvalue weighted by Gasteiger charge is 1.99. The van der Waals surface area contributed by atoms with Crippen molar-refractivity contribution in [1.29, 1.82) is 0 Å². The van der Waals surface area contributed by atoms with Crippen molar-refractivity contribution in [2.75, 3.05) is 6.61 Å². The second-order valence-electron chi connectivity index (χ2n) is 3.36. The maximum atomic E-state index is 10.2. The Morgan fingerprint density at radius 1 is 1.44 bits per heavy atom. The van der Waals surface area contributed by atoms with E-state index in [2.05, 4.69) is 0 Å². The number of carboxylic acids is 1. The van der Waals surface area contributed by atoms with Crippen molar-refractivity contribution in [2.45, 2.75) is 12.6 Å². The molecule has 0 aliphatic heterocycles. The molecule has 0 spiro atoms. The van der Waals surface area contributed by atoms with E-state index < -0.39 is 5.97 Å². The molecule has 0 saturated carbocycles. The first-order chi connectivity index (χ1) is 7.68. The number of hydrogen-bond donors (Lipinski definition) is 2. The van der Waals surface area contributed by atoms with Crippen LogP contribution >= 0.6 is 0 Å². The van der Waals surface area contributed by atoms with Crippen LogP contribution in [0.3, 0.4) is 0 Å². The predicted molar refractivity (Wildman–Crippen MR) is 60.8 cm³/mol. The normalized spacial score (nSPS) is 12.8. The lowest BCUT2D eigenvalue weighted by molar-refractivity contribution is -0.131. The molecule has 4 heteroatoms. The van der Waals surface area contributed by atoms with E-state index >= 15 is 0 Å². The first-order valence-electron chi connectivity index (χ1n) is 4.97. The van der Waals surface area contributed by atoms with Gasteiger partial charge in [-0.05, 0) is 5.56 Å². The van der Waals surface area contributed by atoms with Crippen molar-refractivity contribution in [2.24, 2.45) is 5.73 Å².